The van der Waals surface area contributed by atoms with Gasteiger partial charge in [0.2, 0.25) is 11.9 Å². The van der Waals surface area contributed by atoms with Gasteiger partial charge in [0.05, 0.1) is 31.8 Å². The van der Waals surface area contributed by atoms with Gasteiger partial charge in [-0.15, -0.1) is 10.2 Å². The van der Waals surface area contributed by atoms with E-state index in [1.54, 1.807) is 13.2 Å². The van der Waals surface area contributed by atoms with Crippen LogP contribution in [0.3, 0.4) is 0 Å². The summed E-state index contributed by atoms with van der Waals surface area (Å²) >= 11 is 1.35. The number of morpholine rings is 1. The summed E-state index contributed by atoms with van der Waals surface area (Å²) in [5.74, 6) is 1.55. The maximum absolute atomic E-state index is 12.5. The first-order valence-corrected chi connectivity index (χ1v) is 10.6. The van der Waals surface area contributed by atoms with Crippen molar-refractivity contribution >= 4 is 29.3 Å². The third kappa shape index (κ3) is 4.74. The monoisotopic (exact) mass is 425 g/mol. The molecule has 1 aromatic heterocycles. The number of amides is 1. The van der Waals surface area contributed by atoms with Crippen molar-refractivity contribution in [3.63, 3.8) is 0 Å². The summed E-state index contributed by atoms with van der Waals surface area (Å²) in [4.78, 5) is 14.6. The van der Waals surface area contributed by atoms with Crippen LogP contribution in [-0.4, -0.2) is 59.8 Å². The largest absolute Gasteiger partial charge is 0.497 e. The van der Waals surface area contributed by atoms with Gasteiger partial charge in [-0.1, -0.05) is 36.0 Å². The predicted molar refractivity (Wildman–Crippen MR) is 117 cm³/mol. The van der Waals surface area contributed by atoms with Gasteiger partial charge >= 0.3 is 0 Å². The Kier molecular flexibility index (Phi) is 6.50. The van der Waals surface area contributed by atoms with E-state index in [-0.39, 0.29) is 11.7 Å². The summed E-state index contributed by atoms with van der Waals surface area (Å²) in [6.45, 7) is 2.83. The number of nitrogens with zero attached hydrogens (tertiary/aromatic N) is 4. The molecule has 9 heteroatoms. The first-order valence-electron chi connectivity index (χ1n) is 9.65. The minimum Gasteiger partial charge on any atom is -0.497 e. The van der Waals surface area contributed by atoms with Crippen molar-refractivity contribution < 1.29 is 14.3 Å². The highest BCUT2D eigenvalue weighted by Crippen LogP contribution is 2.27. The first kappa shape index (κ1) is 20.2. The van der Waals surface area contributed by atoms with Crippen molar-refractivity contribution in [2.24, 2.45) is 0 Å². The number of carbonyl (C=O) groups excluding carboxylic acids is 1. The van der Waals surface area contributed by atoms with Gasteiger partial charge in [-0.25, -0.2) is 0 Å². The maximum atomic E-state index is 12.5. The SMILES string of the molecule is COc1cccc(NC(=O)CSc2nnc(N3CCOCC3)n2-c2ccccc2)c1. The Bertz CT molecular complexity index is 989. The second-order valence-electron chi connectivity index (χ2n) is 6.62. The molecule has 3 aromatic rings. The average Bonchev–Trinajstić information content (AvgIpc) is 3.23. The molecule has 0 bridgehead atoms. The van der Waals surface area contributed by atoms with Crippen molar-refractivity contribution in [1.82, 2.24) is 14.8 Å². The zero-order valence-electron chi connectivity index (χ0n) is 16.7. The lowest BCUT2D eigenvalue weighted by Gasteiger charge is -2.27. The average molecular weight is 426 g/mol. The van der Waals surface area contributed by atoms with Crippen LogP contribution < -0.4 is 15.0 Å². The first-order chi connectivity index (χ1) is 14.7. The van der Waals surface area contributed by atoms with Crippen molar-refractivity contribution in [1.29, 1.82) is 0 Å². The number of carbonyl (C=O) groups is 1. The highest BCUT2D eigenvalue weighted by atomic mass is 32.2. The van der Waals surface area contributed by atoms with Crippen LogP contribution in [-0.2, 0) is 9.53 Å². The normalized spacial score (nSPS) is 13.8. The standard InChI is InChI=1S/C21H23N5O3S/c1-28-18-9-5-6-16(14-18)22-19(27)15-30-21-24-23-20(25-10-12-29-13-11-25)26(21)17-7-3-2-4-8-17/h2-9,14H,10-13,15H2,1H3,(H,22,27). The maximum Gasteiger partial charge on any atom is 0.234 e. The molecule has 1 saturated heterocycles. The number of ether oxygens (including phenoxy) is 2. The van der Waals surface area contributed by atoms with Crippen molar-refractivity contribution in [2.75, 3.05) is 49.4 Å². The van der Waals surface area contributed by atoms with Gasteiger partial charge in [-0.05, 0) is 24.3 Å². The number of rotatable bonds is 7. The molecule has 1 amide bonds. The Morgan fingerprint density at radius 2 is 1.93 bits per heavy atom. The van der Waals surface area contributed by atoms with Crippen molar-refractivity contribution in [2.45, 2.75) is 5.16 Å². The van der Waals surface area contributed by atoms with E-state index in [9.17, 15) is 4.79 Å². The van der Waals surface area contributed by atoms with Crippen LogP contribution in [0.1, 0.15) is 0 Å². The van der Waals surface area contributed by atoms with Crippen LogP contribution >= 0.6 is 11.8 Å². The summed E-state index contributed by atoms with van der Waals surface area (Å²) < 4.78 is 12.7. The molecule has 4 rings (SSSR count). The highest BCUT2D eigenvalue weighted by Gasteiger charge is 2.22. The molecule has 0 atom stereocenters. The van der Waals surface area contributed by atoms with E-state index in [0.29, 0.717) is 29.8 Å². The van der Waals surface area contributed by atoms with E-state index < -0.39 is 0 Å². The molecule has 0 saturated carbocycles. The van der Waals surface area contributed by atoms with E-state index >= 15 is 0 Å². The number of para-hydroxylation sites is 1. The predicted octanol–water partition coefficient (Wildman–Crippen LogP) is 2.84. The topological polar surface area (TPSA) is 81.5 Å². The number of benzene rings is 2. The third-order valence-corrected chi connectivity index (χ3v) is 5.54. The van der Waals surface area contributed by atoms with Gasteiger partial charge in [0.15, 0.2) is 5.16 Å². The Morgan fingerprint density at radius 3 is 2.70 bits per heavy atom. The van der Waals surface area contributed by atoms with E-state index in [2.05, 4.69) is 20.4 Å². The number of hydrogen-bond donors (Lipinski definition) is 1. The molecular formula is C21H23N5O3S. The number of methoxy groups -OCH3 is 1. The van der Waals surface area contributed by atoms with Gasteiger partial charge in [-0.2, -0.15) is 0 Å². The van der Waals surface area contributed by atoms with Gasteiger partial charge in [0, 0.05) is 24.8 Å². The molecule has 30 heavy (non-hydrogen) atoms. The lowest BCUT2D eigenvalue weighted by atomic mass is 10.3. The molecule has 156 valence electrons. The lowest BCUT2D eigenvalue weighted by molar-refractivity contribution is -0.113. The van der Waals surface area contributed by atoms with E-state index in [1.165, 1.54) is 11.8 Å². The Morgan fingerprint density at radius 1 is 1.13 bits per heavy atom. The summed E-state index contributed by atoms with van der Waals surface area (Å²) in [6, 6.07) is 17.2. The minimum atomic E-state index is -0.121. The van der Waals surface area contributed by atoms with Gasteiger partial charge in [0.25, 0.3) is 0 Å². The molecule has 0 spiro atoms. The number of aromatic nitrogens is 3. The summed E-state index contributed by atoms with van der Waals surface area (Å²) in [7, 11) is 1.60. The third-order valence-electron chi connectivity index (χ3n) is 4.61. The smallest absolute Gasteiger partial charge is 0.234 e. The molecule has 0 aliphatic carbocycles. The molecule has 2 aromatic carbocycles. The quantitative estimate of drug-likeness (QED) is 0.583. The van der Waals surface area contributed by atoms with Gasteiger partial charge in [0.1, 0.15) is 5.75 Å². The number of anilines is 2. The van der Waals surface area contributed by atoms with Gasteiger partial charge < -0.3 is 19.7 Å². The number of nitrogens with one attached hydrogen (secondary N) is 1. The van der Waals surface area contributed by atoms with Crippen LogP contribution in [0.2, 0.25) is 0 Å². The van der Waals surface area contributed by atoms with Crippen LogP contribution in [0, 0.1) is 0 Å². The molecule has 8 nitrogen and oxygen atoms in total. The molecule has 1 N–H and O–H groups in total. The second-order valence-corrected chi connectivity index (χ2v) is 7.56. The minimum absolute atomic E-state index is 0.121. The van der Waals surface area contributed by atoms with E-state index in [1.807, 2.05) is 53.1 Å². The molecule has 1 fully saturated rings. The number of hydrogen-bond acceptors (Lipinski definition) is 7. The fourth-order valence-corrected chi connectivity index (χ4v) is 3.90. The zero-order chi connectivity index (χ0) is 20.8. The Labute approximate surface area is 179 Å². The summed E-state index contributed by atoms with van der Waals surface area (Å²) in [6.07, 6.45) is 0. The fourth-order valence-electron chi connectivity index (χ4n) is 3.15. The molecule has 0 unspecified atom stereocenters. The molecule has 1 aliphatic heterocycles. The highest BCUT2D eigenvalue weighted by molar-refractivity contribution is 7.99. The molecule has 2 heterocycles. The summed E-state index contributed by atoms with van der Waals surface area (Å²) in [5, 5.41) is 12.3. The molecule has 1 aliphatic rings. The van der Waals surface area contributed by atoms with Crippen LogP contribution in [0.5, 0.6) is 5.75 Å². The van der Waals surface area contributed by atoms with Crippen molar-refractivity contribution in [3.8, 4) is 11.4 Å². The Hall–Kier alpha value is -3.04. The van der Waals surface area contributed by atoms with Crippen LogP contribution in [0.15, 0.2) is 59.8 Å². The van der Waals surface area contributed by atoms with Crippen LogP contribution in [0.25, 0.3) is 5.69 Å². The van der Waals surface area contributed by atoms with Crippen LogP contribution in [0.4, 0.5) is 11.6 Å². The lowest BCUT2D eigenvalue weighted by Crippen LogP contribution is -2.37. The number of thioether (sulfide) groups is 1. The zero-order valence-corrected chi connectivity index (χ0v) is 17.5. The molecular weight excluding hydrogens is 402 g/mol. The van der Waals surface area contributed by atoms with E-state index in [0.717, 1.165) is 24.7 Å². The van der Waals surface area contributed by atoms with Crippen molar-refractivity contribution in [3.05, 3.63) is 54.6 Å². The van der Waals surface area contributed by atoms with E-state index in [4.69, 9.17) is 9.47 Å². The van der Waals surface area contributed by atoms with Gasteiger partial charge in [-0.3, -0.25) is 9.36 Å². The fraction of sp³-hybridized carbons (Fsp3) is 0.286. The second kappa shape index (κ2) is 9.64. The Balaban J connectivity index is 1.50. The summed E-state index contributed by atoms with van der Waals surface area (Å²) in [5.41, 5.74) is 1.65. The molecule has 0 radical (unpaired) electrons.